The minimum absolute atomic E-state index is 0.0687. The zero-order valence-corrected chi connectivity index (χ0v) is 9.17. The van der Waals surface area contributed by atoms with Crippen LogP contribution in [0.3, 0.4) is 0 Å². The summed E-state index contributed by atoms with van der Waals surface area (Å²) >= 11 is 3.10. The summed E-state index contributed by atoms with van der Waals surface area (Å²) in [5.74, 6) is -0.939. The van der Waals surface area contributed by atoms with Crippen LogP contribution in [0.4, 0.5) is 4.39 Å². The van der Waals surface area contributed by atoms with Crippen molar-refractivity contribution >= 4 is 21.9 Å². The Morgan fingerprint density at radius 1 is 1.71 bits per heavy atom. The molecule has 1 rings (SSSR count). The third kappa shape index (κ3) is 3.06. The molecule has 0 unspecified atom stereocenters. The number of carbonyl (C=O) groups excluding carboxylic acids is 1. The number of halogens is 2. The zero-order valence-electron chi connectivity index (χ0n) is 7.59. The second kappa shape index (κ2) is 5.05. The molecule has 0 saturated carbocycles. The number of esters is 1. The van der Waals surface area contributed by atoms with E-state index in [1.807, 2.05) is 0 Å². The topological polar surface area (TPSA) is 39.2 Å². The predicted molar refractivity (Wildman–Crippen MR) is 52.2 cm³/mol. The van der Waals surface area contributed by atoms with Crippen molar-refractivity contribution in [2.24, 2.45) is 0 Å². The Morgan fingerprint density at radius 2 is 2.43 bits per heavy atom. The summed E-state index contributed by atoms with van der Waals surface area (Å²) in [6.45, 7) is 2.00. The van der Waals surface area contributed by atoms with Crippen LogP contribution in [-0.2, 0) is 16.0 Å². The SMILES string of the molecule is CCOC(=O)Cc1cc(Br)ncc1F. The fourth-order valence-electron chi connectivity index (χ4n) is 0.954. The lowest BCUT2D eigenvalue weighted by Gasteiger charge is -2.03. The van der Waals surface area contributed by atoms with Gasteiger partial charge in [0.2, 0.25) is 0 Å². The highest BCUT2D eigenvalue weighted by Gasteiger charge is 2.09. The van der Waals surface area contributed by atoms with E-state index in [-0.39, 0.29) is 12.0 Å². The van der Waals surface area contributed by atoms with E-state index in [2.05, 4.69) is 20.9 Å². The molecule has 1 aromatic rings. The van der Waals surface area contributed by atoms with Gasteiger partial charge in [-0.3, -0.25) is 4.79 Å². The van der Waals surface area contributed by atoms with Crippen molar-refractivity contribution in [3.05, 3.63) is 28.2 Å². The van der Waals surface area contributed by atoms with E-state index >= 15 is 0 Å². The molecule has 0 amide bonds. The largest absolute Gasteiger partial charge is 0.466 e. The van der Waals surface area contributed by atoms with Crippen molar-refractivity contribution < 1.29 is 13.9 Å². The molecule has 76 valence electrons. The van der Waals surface area contributed by atoms with Crippen LogP contribution in [-0.4, -0.2) is 17.6 Å². The van der Waals surface area contributed by atoms with Gasteiger partial charge in [-0.25, -0.2) is 9.37 Å². The molecule has 0 bridgehead atoms. The molecule has 0 aromatic carbocycles. The fourth-order valence-corrected chi connectivity index (χ4v) is 1.33. The first-order chi connectivity index (χ1) is 6.63. The minimum atomic E-state index is -0.499. The molecular formula is C9H9BrFNO2. The van der Waals surface area contributed by atoms with E-state index < -0.39 is 11.8 Å². The van der Waals surface area contributed by atoms with E-state index in [1.165, 1.54) is 6.07 Å². The predicted octanol–water partition coefficient (Wildman–Crippen LogP) is 2.09. The number of pyridine rings is 1. The first kappa shape index (κ1) is 11.1. The second-order valence-electron chi connectivity index (χ2n) is 2.58. The maximum atomic E-state index is 13.1. The van der Waals surface area contributed by atoms with Gasteiger partial charge < -0.3 is 4.74 Å². The van der Waals surface area contributed by atoms with Crippen LogP contribution >= 0.6 is 15.9 Å². The Labute approximate surface area is 89.4 Å². The van der Waals surface area contributed by atoms with E-state index in [0.29, 0.717) is 11.2 Å². The van der Waals surface area contributed by atoms with Gasteiger partial charge in [-0.05, 0) is 28.9 Å². The van der Waals surface area contributed by atoms with Crippen LogP contribution in [0.1, 0.15) is 12.5 Å². The summed E-state index contributed by atoms with van der Waals surface area (Å²) in [6, 6.07) is 1.46. The number of nitrogens with zero attached hydrogens (tertiary/aromatic N) is 1. The van der Waals surface area contributed by atoms with Gasteiger partial charge in [-0.1, -0.05) is 0 Å². The molecule has 0 aliphatic carbocycles. The van der Waals surface area contributed by atoms with Crippen molar-refractivity contribution in [3.8, 4) is 0 Å². The van der Waals surface area contributed by atoms with Crippen LogP contribution in [0.5, 0.6) is 0 Å². The molecule has 3 nitrogen and oxygen atoms in total. The summed E-state index contributed by atoms with van der Waals surface area (Å²) in [4.78, 5) is 14.7. The highest BCUT2D eigenvalue weighted by atomic mass is 79.9. The Kier molecular flexibility index (Phi) is 4.00. The third-order valence-electron chi connectivity index (χ3n) is 1.54. The van der Waals surface area contributed by atoms with Crippen LogP contribution in [0, 0.1) is 5.82 Å². The molecule has 1 heterocycles. The van der Waals surface area contributed by atoms with Gasteiger partial charge in [0, 0.05) is 5.56 Å². The van der Waals surface area contributed by atoms with Crippen molar-refractivity contribution in [1.82, 2.24) is 4.98 Å². The molecule has 0 spiro atoms. The van der Waals surface area contributed by atoms with Gasteiger partial charge in [0.25, 0.3) is 0 Å². The quantitative estimate of drug-likeness (QED) is 0.618. The molecule has 0 N–H and O–H groups in total. The number of rotatable bonds is 3. The zero-order chi connectivity index (χ0) is 10.6. The average Bonchev–Trinajstić information content (AvgIpc) is 2.12. The van der Waals surface area contributed by atoms with Gasteiger partial charge in [0.1, 0.15) is 10.4 Å². The summed E-state index contributed by atoms with van der Waals surface area (Å²) in [5, 5.41) is 0. The highest BCUT2D eigenvalue weighted by molar-refractivity contribution is 9.10. The summed E-state index contributed by atoms with van der Waals surface area (Å²) in [5.41, 5.74) is 0.283. The van der Waals surface area contributed by atoms with Crippen molar-refractivity contribution in [2.45, 2.75) is 13.3 Å². The van der Waals surface area contributed by atoms with Gasteiger partial charge >= 0.3 is 5.97 Å². The molecule has 0 aliphatic heterocycles. The van der Waals surface area contributed by atoms with Gasteiger partial charge in [0.15, 0.2) is 0 Å². The molecule has 1 aromatic heterocycles. The Balaban J connectivity index is 2.75. The normalized spacial score (nSPS) is 9.93. The average molecular weight is 262 g/mol. The van der Waals surface area contributed by atoms with Gasteiger partial charge in [0.05, 0.1) is 19.2 Å². The summed E-state index contributed by atoms with van der Waals surface area (Å²) < 4.78 is 18.3. The van der Waals surface area contributed by atoms with Crippen LogP contribution in [0.15, 0.2) is 16.9 Å². The van der Waals surface area contributed by atoms with E-state index in [1.54, 1.807) is 6.92 Å². The maximum Gasteiger partial charge on any atom is 0.310 e. The summed E-state index contributed by atoms with van der Waals surface area (Å²) in [7, 11) is 0. The van der Waals surface area contributed by atoms with E-state index in [9.17, 15) is 9.18 Å². The number of carbonyl (C=O) groups is 1. The Bertz CT molecular complexity index is 344. The van der Waals surface area contributed by atoms with Gasteiger partial charge in [-0.2, -0.15) is 0 Å². The Morgan fingerprint density at radius 3 is 3.07 bits per heavy atom. The lowest BCUT2D eigenvalue weighted by Crippen LogP contribution is -2.09. The lowest BCUT2D eigenvalue weighted by molar-refractivity contribution is -0.142. The third-order valence-corrected chi connectivity index (χ3v) is 1.98. The second-order valence-corrected chi connectivity index (χ2v) is 3.39. The van der Waals surface area contributed by atoms with E-state index in [0.717, 1.165) is 6.20 Å². The molecule has 0 atom stereocenters. The molecule has 14 heavy (non-hydrogen) atoms. The standard InChI is InChI=1S/C9H9BrFNO2/c1-2-14-9(13)4-6-3-8(10)12-5-7(6)11/h3,5H,2,4H2,1H3. The summed E-state index contributed by atoms with van der Waals surface area (Å²) in [6.07, 6.45) is 0.999. The Hall–Kier alpha value is -0.970. The van der Waals surface area contributed by atoms with Crippen LogP contribution in [0.2, 0.25) is 0 Å². The number of aromatic nitrogens is 1. The van der Waals surface area contributed by atoms with Crippen molar-refractivity contribution in [2.75, 3.05) is 6.61 Å². The molecule has 0 aliphatic rings. The van der Waals surface area contributed by atoms with Crippen LogP contribution in [0.25, 0.3) is 0 Å². The number of ether oxygens (including phenoxy) is 1. The fraction of sp³-hybridized carbons (Fsp3) is 0.333. The minimum Gasteiger partial charge on any atom is -0.466 e. The monoisotopic (exact) mass is 261 g/mol. The van der Waals surface area contributed by atoms with E-state index in [4.69, 9.17) is 4.74 Å². The molecule has 5 heteroatoms. The van der Waals surface area contributed by atoms with Crippen LogP contribution < -0.4 is 0 Å². The smallest absolute Gasteiger partial charge is 0.310 e. The number of hydrogen-bond acceptors (Lipinski definition) is 3. The maximum absolute atomic E-state index is 13.1. The van der Waals surface area contributed by atoms with Crippen molar-refractivity contribution in [1.29, 1.82) is 0 Å². The first-order valence-electron chi connectivity index (χ1n) is 4.09. The molecule has 0 fully saturated rings. The lowest BCUT2D eigenvalue weighted by atomic mass is 10.2. The highest BCUT2D eigenvalue weighted by Crippen LogP contribution is 2.13. The first-order valence-corrected chi connectivity index (χ1v) is 4.88. The van der Waals surface area contributed by atoms with Gasteiger partial charge in [-0.15, -0.1) is 0 Å². The number of hydrogen-bond donors (Lipinski definition) is 0. The molecule has 0 radical (unpaired) electrons. The molecule has 0 saturated heterocycles. The van der Waals surface area contributed by atoms with Crippen molar-refractivity contribution in [3.63, 3.8) is 0 Å². The molecular weight excluding hydrogens is 253 g/mol.